The van der Waals surface area contributed by atoms with E-state index in [-0.39, 0.29) is 0 Å². The first-order valence-corrected chi connectivity index (χ1v) is 4.54. The lowest BCUT2D eigenvalue weighted by Crippen LogP contribution is -1.97. The van der Waals surface area contributed by atoms with Gasteiger partial charge in [-0.15, -0.1) is 0 Å². The van der Waals surface area contributed by atoms with Gasteiger partial charge in [0.05, 0.1) is 0 Å². The first-order chi connectivity index (χ1) is 6.31. The number of fused-ring (bicyclic) bond motifs is 1. The van der Waals surface area contributed by atoms with Crippen LogP contribution >= 0.6 is 11.6 Å². The standard InChI is InChI=1S/C8H9ClN4/c1-2-3-6-4-7(9)13-8(12-6)10-5-11-13/h4-5H,2-3H2,1H3. The summed E-state index contributed by atoms with van der Waals surface area (Å²) in [6, 6.07) is 1.83. The van der Waals surface area contributed by atoms with Crippen LogP contribution in [-0.4, -0.2) is 19.6 Å². The first-order valence-electron chi connectivity index (χ1n) is 4.16. The molecule has 0 bridgehead atoms. The van der Waals surface area contributed by atoms with Crippen LogP contribution in [0.5, 0.6) is 0 Å². The lowest BCUT2D eigenvalue weighted by Gasteiger charge is -1.99. The fourth-order valence-electron chi connectivity index (χ4n) is 1.21. The smallest absolute Gasteiger partial charge is 0.216 e. The topological polar surface area (TPSA) is 43.1 Å². The zero-order chi connectivity index (χ0) is 9.26. The maximum Gasteiger partial charge on any atom is 0.253 e. The minimum Gasteiger partial charge on any atom is -0.216 e. The van der Waals surface area contributed by atoms with E-state index in [1.54, 1.807) is 0 Å². The molecule has 0 aromatic carbocycles. The largest absolute Gasteiger partial charge is 0.253 e. The van der Waals surface area contributed by atoms with Crippen molar-refractivity contribution in [2.45, 2.75) is 19.8 Å². The van der Waals surface area contributed by atoms with Crippen molar-refractivity contribution in [3.63, 3.8) is 0 Å². The zero-order valence-electron chi connectivity index (χ0n) is 7.24. The molecule has 0 atom stereocenters. The number of hydrogen-bond donors (Lipinski definition) is 0. The van der Waals surface area contributed by atoms with Crippen LogP contribution in [0.1, 0.15) is 19.0 Å². The molecular formula is C8H9ClN4. The second kappa shape index (κ2) is 3.30. The van der Waals surface area contributed by atoms with E-state index in [1.807, 2.05) is 6.07 Å². The minimum atomic E-state index is 0.561. The number of halogens is 1. The Morgan fingerprint density at radius 2 is 2.38 bits per heavy atom. The third kappa shape index (κ3) is 1.49. The summed E-state index contributed by atoms with van der Waals surface area (Å²) in [5.74, 6) is 0.566. The molecule has 0 N–H and O–H groups in total. The van der Waals surface area contributed by atoms with Crippen LogP contribution in [0.15, 0.2) is 12.4 Å². The summed E-state index contributed by atoms with van der Waals surface area (Å²) in [7, 11) is 0. The molecule has 2 aromatic heterocycles. The van der Waals surface area contributed by atoms with Gasteiger partial charge in [-0.2, -0.15) is 14.6 Å². The average molecular weight is 197 g/mol. The summed E-state index contributed by atoms with van der Waals surface area (Å²) in [6.07, 6.45) is 3.42. The van der Waals surface area contributed by atoms with Gasteiger partial charge in [-0.05, 0) is 12.5 Å². The average Bonchev–Trinajstić information content (AvgIpc) is 2.53. The molecule has 0 aliphatic rings. The van der Waals surface area contributed by atoms with Crippen LogP contribution in [0.2, 0.25) is 5.15 Å². The molecule has 0 saturated carbocycles. The molecule has 0 saturated heterocycles. The Bertz CT molecular complexity index is 423. The van der Waals surface area contributed by atoms with Crippen molar-refractivity contribution < 1.29 is 0 Å². The summed E-state index contributed by atoms with van der Waals surface area (Å²) in [5, 5.41) is 4.49. The maximum atomic E-state index is 5.96. The van der Waals surface area contributed by atoms with E-state index in [4.69, 9.17) is 11.6 Å². The summed E-state index contributed by atoms with van der Waals surface area (Å²) in [4.78, 5) is 8.27. The van der Waals surface area contributed by atoms with Crippen LogP contribution in [0, 0.1) is 0 Å². The molecule has 5 heteroatoms. The van der Waals surface area contributed by atoms with E-state index in [1.165, 1.54) is 10.8 Å². The van der Waals surface area contributed by atoms with E-state index >= 15 is 0 Å². The SMILES string of the molecule is CCCc1cc(Cl)n2ncnc2n1. The van der Waals surface area contributed by atoms with Crippen molar-refractivity contribution in [1.82, 2.24) is 19.6 Å². The van der Waals surface area contributed by atoms with Gasteiger partial charge in [0.15, 0.2) is 0 Å². The lowest BCUT2D eigenvalue weighted by atomic mass is 10.2. The van der Waals surface area contributed by atoms with E-state index in [2.05, 4.69) is 22.0 Å². The van der Waals surface area contributed by atoms with Gasteiger partial charge in [-0.25, -0.2) is 4.98 Å². The van der Waals surface area contributed by atoms with Gasteiger partial charge in [-0.1, -0.05) is 24.9 Å². The van der Waals surface area contributed by atoms with Crippen molar-refractivity contribution in [1.29, 1.82) is 0 Å². The third-order valence-corrected chi connectivity index (χ3v) is 2.04. The maximum absolute atomic E-state index is 5.96. The predicted octanol–water partition coefficient (Wildman–Crippen LogP) is 1.73. The van der Waals surface area contributed by atoms with E-state index < -0.39 is 0 Å². The first kappa shape index (κ1) is 8.44. The van der Waals surface area contributed by atoms with Crippen LogP contribution in [0.3, 0.4) is 0 Å². The number of aromatic nitrogens is 4. The van der Waals surface area contributed by atoms with Crippen molar-refractivity contribution >= 4 is 17.4 Å². The minimum absolute atomic E-state index is 0.561. The molecule has 0 fully saturated rings. The zero-order valence-corrected chi connectivity index (χ0v) is 7.99. The van der Waals surface area contributed by atoms with Crippen LogP contribution in [0.25, 0.3) is 5.78 Å². The quantitative estimate of drug-likeness (QED) is 0.687. The number of rotatable bonds is 2. The molecule has 2 aromatic rings. The molecule has 0 unspecified atom stereocenters. The molecule has 68 valence electrons. The normalized spacial score (nSPS) is 10.9. The summed E-state index contributed by atoms with van der Waals surface area (Å²) in [5.41, 5.74) is 0.966. The number of hydrogen-bond acceptors (Lipinski definition) is 3. The van der Waals surface area contributed by atoms with E-state index in [9.17, 15) is 0 Å². The van der Waals surface area contributed by atoms with Crippen molar-refractivity contribution in [3.05, 3.63) is 23.2 Å². The third-order valence-electron chi connectivity index (χ3n) is 1.77. The molecule has 0 radical (unpaired) electrons. The van der Waals surface area contributed by atoms with Crippen molar-refractivity contribution in [2.24, 2.45) is 0 Å². The predicted molar refractivity (Wildman–Crippen MR) is 49.8 cm³/mol. The molecule has 2 rings (SSSR count). The highest BCUT2D eigenvalue weighted by atomic mass is 35.5. The molecule has 0 amide bonds. The molecular weight excluding hydrogens is 188 g/mol. The Morgan fingerprint density at radius 3 is 3.15 bits per heavy atom. The number of nitrogens with zero attached hydrogens (tertiary/aromatic N) is 4. The summed E-state index contributed by atoms with van der Waals surface area (Å²) in [6.45, 7) is 2.10. The molecule has 13 heavy (non-hydrogen) atoms. The molecule has 0 aliphatic heterocycles. The second-order valence-corrected chi connectivity index (χ2v) is 3.18. The lowest BCUT2D eigenvalue weighted by molar-refractivity contribution is 0.856. The van der Waals surface area contributed by atoms with Gasteiger partial charge < -0.3 is 0 Å². The second-order valence-electron chi connectivity index (χ2n) is 2.79. The van der Waals surface area contributed by atoms with Gasteiger partial charge in [-0.3, -0.25) is 0 Å². The van der Waals surface area contributed by atoms with Gasteiger partial charge in [0.1, 0.15) is 11.5 Å². The molecule has 2 heterocycles. The summed E-state index contributed by atoms with van der Waals surface area (Å²) < 4.78 is 1.51. The molecule has 0 spiro atoms. The molecule has 4 nitrogen and oxygen atoms in total. The number of aryl methyl sites for hydroxylation is 1. The van der Waals surface area contributed by atoms with Gasteiger partial charge in [0, 0.05) is 5.69 Å². The van der Waals surface area contributed by atoms with Crippen LogP contribution in [-0.2, 0) is 6.42 Å². The highest BCUT2D eigenvalue weighted by molar-refractivity contribution is 6.29. The Hall–Kier alpha value is -1.16. The fourth-order valence-corrected chi connectivity index (χ4v) is 1.45. The summed E-state index contributed by atoms with van der Waals surface area (Å²) >= 11 is 5.96. The highest BCUT2D eigenvalue weighted by Gasteiger charge is 2.04. The fraction of sp³-hybridized carbons (Fsp3) is 0.375. The Morgan fingerprint density at radius 1 is 1.54 bits per heavy atom. The van der Waals surface area contributed by atoms with Gasteiger partial charge in [0.25, 0.3) is 5.78 Å². The monoisotopic (exact) mass is 196 g/mol. The Balaban J connectivity index is 2.56. The Labute approximate surface area is 80.6 Å². The highest BCUT2D eigenvalue weighted by Crippen LogP contribution is 2.11. The van der Waals surface area contributed by atoms with Crippen molar-refractivity contribution in [2.75, 3.05) is 0 Å². The Kier molecular flexibility index (Phi) is 2.14. The van der Waals surface area contributed by atoms with Crippen LogP contribution in [0.4, 0.5) is 0 Å². The van der Waals surface area contributed by atoms with Crippen molar-refractivity contribution in [3.8, 4) is 0 Å². The molecule has 0 aliphatic carbocycles. The van der Waals surface area contributed by atoms with E-state index in [0.29, 0.717) is 10.9 Å². The van der Waals surface area contributed by atoms with Gasteiger partial charge in [0.2, 0.25) is 0 Å². The van der Waals surface area contributed by atoms with Gasteiger partial charge >= 0.3 is 0 Å². The van der Waals surface area contributed by atoms with E-state index in [0.717, 1.165) is 18.5 Å². The van der Waals surface area contributed by atoms with Crippen LogP contribution < -0.4 is 0 Å².